The summed E-state index contributed by atoms with van der Waals surface area (Å²) in [5.74, 6) is 0.224. The highest BCUT2D eigenvalue weighted by atomic mass is 16.5. The molecule has 0 aromatic carbocycles. The predicted octanol–water partition coefficient (Wildman–Crippen LogP) is 1.71. The normalized spacial score (nSPS) is 31.5. The lowest BCUT2D eigenvalue weighted by atomic mass is 9.96. The Morgan fingerprint density at radius 1 is 1.50 bits per heavy atom. The van der Waals surface area contributed by atoms with Gasteiger partial charge in [-0.25, -0.2) is 0 Å². The monoisotopic (exact) mass is 200 g/mol. The molecule has 1 N–H and O–H groups in total. The second-order valence-electron chi connectivity index (χ2n) is 3.73. The summed E-state index contributed by atoms with van der Waals surface area (Å²) in [4.78, 5) is 0. The molecule has 0 saturated carbocycles. The van der Waals surface area contributed by atoms with Crippen LogP contribution in [0.3, 0.4) is 0 Å². The third-order valence-corrected chi connectivity index (χ3v) is 2.61. The van der Waals surface area contributed by atoms with E-state index in [1.807, 2.05) is 13.0 Å². The molecule has 3 unspecified atom stereocenters. The number of hydrogen-bond acceptors (Lipinski definition) is 3. The first-order valence-electron chi connectivity index (χ1n) is 5.34. The van der Waals surface area contributed by atoms with E-state index in [-0.39, 0.29) is 24.7 Å². The first-order chi connectivity index (χ1) is 6.79. The Bertz CT molecular complexity index is 179. The molecule has 0 radical (unpaired) electrons. The highest BCUT2D eigenvalue weighted by Gasteiger charge is 2.28. The molecule has 0 aromatic heterocycles. The van der Waals surface area contributed by atoms with Crippen LogP contribution >= 0.6 is 0 Å². The Kier molecular flexibility index (Phi) is 4.98. The lowest BCUT2D eigenvalue weighted by molar-refractivity contribution is -0.0484. The molecule has 1 heterocycles. The van der Waals surface area contributed by atoms with Crippen molar-refractivity contribution in [2.75, 3.05) is 13.2 Å². The fraction of sp³-hybridized carbons (Fsp3) is 0.818. The van der Waals surface area contributed by atoms with E-state index in [0.29, 0.717) is 0 Å². The van der Waals surface area contributed by atoms with Crippen molar-refractivity contribution in [3.8, 4) is 0 Å². The van der Waals surface area contributed by atoms with Gasteiger partial charge in [0, 0.05) is 12.5 Å². The van der Waals surface area contributed by atoms with Crippen LogP contribution in [-0.4, -0.2) is 30.5 Å². The number of unbranched alkanes of at least 4 members (excludes halogenated alkanes) is 1. The molecular formula is C11H20O3. The first kappa shape index (κ1) is 11.5. The Labute approximate surface area is 85.7 Å². The average Bonchev–Trinajstić information content (AvgIpc) is 2.21. The van der Waals surface area contributed by atoms with Crippen molar-refractivity contribution in [3.05, 3.63) is 12.3 Å². The van der Waals surface area contributed by atoms with Crippen molar-refractivity contribution in [2.45, 2.75) is 38.9 Å². The summed E-state index contributed by atoms with van der Waals surface area (Å²) in [5.41, 5.74) is 0. The minimum absolute atomic E-state index is 0.0547. The Hall–Kier alpha value is -0.540. The Balaban J connectivity index is 2.36. The molecule has 0 fully saturated rings. The number of ether oxygens (including phenoxy) is 2. The molecule has 0 saturated heterocycles. The van der Waals surface area contributed by atoms with Gasteiger partial charge in [-0.2, -0.15) is 0 Å². The lowest BCUT2D eigenvalue weighted by Gasteiger charge is -2.31. The van der Waals surface area contributed by atoms with Crippen molar-refractivity contribution in [3.63, 3.8) is 0 Å². The van der Waals surface area contributed by atoms with Crippen LogP contribution in [0.25, 0.3) is 0 Å². The molecule has 1 aliphatic rings. The van der Waals surface area contributed by atoms with Gasteiger partial charge in [0.1, 0.15) is 6.10 Å². The van der Waals surface area contributed by atoms with Gasteiger partial charge in [0.05, 0.1) is 19.0 Å². The van der Waals surface area contributed by atoms with Crippen LogP contribution in [0.5, 0.6) is 0 Å². The van der Waals surface area contributed by atoms with Crippen LogP contribution in [0.2, 0.25) is 0 Å². The molecule has 0 amide bonds. The van der Waals surface area contributed by atoms with Gasteiger partial charge in [-0.15, -0.1) is 0 Å². The standard InChI is InChI=1S/C11H20O3/c1-3-4-6-13-10-5-7-14-11(8-12)9(10)2/h5,7,9-12H,3-4,6,8H2,1-2H3. The third-order valence-electron chi connectivity index (χ3n) is 2.61. The summed E-state index contributed by atoms with van der Waals surface area (Å²) in [7, 11) is 0. The van der Waals surface area contributed by atoms with Crippen LogP contribution in [0.15, 0.2) is 12.3 Å². The highest BCUT2D eigenvalue weighted by Crippen LogP contribution is 2.21. The Morgan fingerprint density at radius 3 is 2.93 bits per heavy atom. The SMILES string of the molecule is CCCCOC1C=COC(CO)C1C. The van der Waals surface area contributed by atoms with Crippen molar-refractivity contribution in [1.82, 2.24) is 0 Å². The van der Waals surface area contributed by atoms with Gasteiger partial charge >= 0.3 is 0 Å². The fourth-order valence-corrected chi connectivity index (χ4v) is 1.51. The van der Waals surface area contributed by atoms with E-state index < -0.39 is 0 Å². The summed E-state index contributed by atoms with van der Waals surface area (Å²) in [6, 6.07) is 0. The van der Waals surface area contributed by atoms with Crippen molar-refractivity contribution < 1.29 is 14.6 Å². The van der Waals surface area contributed by atoms with E-state index in [4.69, 9.17) is 14.6 Å². The largest absolute Gasteiger partial charge is 0.495 e. The first-order valence-corrected chi connectivity index (χ1v) is 5.34. The smallest absolute Gasteiger partial charge is 0.126 e. The quantitative estimate of drug-likeness (QED) is 0.687. The second-order valence-corrected chi connectivity index (χ2v) is 3.73. The van der Waals surface area contributed by atoms with Crippen LogP contribution < -0.4 is 0 Å². The zero-order valence-electron chi connectivity index (χ0n) is 8.98. The molecule has 14 heavy (non-hydrogen) atoms. The van der Waals surface area contributed by atoms with Gasteiger partial charge in [0.2, 0.25) is 0 Å². The number of hydrogen-bond donors (Lipinski definition) is 1. The average molecular weight is 200 g/mol. The number of rotatable bonds is 5. The molecule has 82 valence electrons. The molecular weight excluding hydrogens is 180 g/mol. The van der Waals surface area contributed by atoms with E-state index in [2.05, 4.69) is 6.92 Å². The maximum Gasteiger partial charge on any atom is 0.126 e. The van der Waals surface area contributed by atoms with Gasteiger partial charge in [-0.05, 0) is 12.5 Å². The summed E-state index contributed by atoms with van der Waals surface area (Å²) >= 11 is 0. The molecule has 3 atom stereocenters. The van der Waals surface area contributed by atoms with Crippen LogP contribution in [0.4, 0.5) is 0 Å². The zero-order chi connectivity index (χ0) is 10.4. The highest BCUT2D eigenvalue weighted by molar-refractivity contribution is 4.95. The van der Waals surface area contributed by atoms with E-state index in [1.165, 1.54) is 0 Å². The molecule has 0 bridgehead atoms. The minimum Gasteiger partial charge on any atom is -0.495 e. The molecule has 0 aliphatic carbocycles. The Morgan fingerprint density at radius 2 is 2.29 bits per heavy atom. The van der Waals surface area contributed by atoms with E-state index in [0.717, 1.165) is 19.4 Å². The number of aliphatic hydroxyl groups is 1. The molecule has 0 aromatic rings. The molecule has 3 heteroatoms. The second kappa shape index (κ2) is 6.04. The van der Waals surface area contributed by atoms with Gasteiger partial charge in [0.15, 0.2) is 0 Å². The topological polar surface area (TPSA) is 38.7 Å². The summed E-state index contributed by atoms with van der Waals surface area (Å²) < 4.78 is 11.0. The van der Waals surface area contributed by atoms with Crippen molar-refractivity contribution in [1.29, 1.82) is 0 Å². The summed E-state index contributed by atoms with van der Waals surface area (Å²) in [6.07, 6.45) is 5.76. The van der Waals surface area contributed by atoms with Gasteiger partial charge < -0.3 is 14.6 Å². The van der Waals surface area contributed by atoms with Crippen LogP contribution in [-0.2, 0) is 9.47 Å². The minimum atomic E-state index is -0.119. The van der Waals surface area contributed by atoms with E-state index in [1.54, 1.807) is 6.26 Å². The predicted molar refractivity (Wildman–Crippen MR) is 54.9 cm³/mol. The molecule has 3 nitrogen and oxygen atoms in total. The number of aliphatic hydroxyl groups excluding tert-OH is 1. The van der Waals surface area contributed by atoms with E-state index in [9.17, 15) is 0 Å². The lowest BCUT2D eigenvalue weighted by Crippen LogP contribution is -2.37. The summed E-state index contributed by atoms with van der Waals surface area (Å²) in [5, 5.41) is 9.04. The fourth-order valence-electron chi connectivity index (χ4n) is 1.51. The van der Waals surface area contributed by atoms with E-state index >= 15 is 0 Å². The maximum absolute atomic E-state index is 9.04. The van der Waals surface area contributed by atoms with Gasteiger partial charge in [0.25, 0.3) is 0 Å². The van der Waals surface area contributed by atoms with Crippen molar-refractivity contribution in [2.24, 2.45) is 5.92 Å². The van der Waals surface area contributed by atoms with Crippen LogP contribution in [0.1, 0.15) is 26.7 Å². The maximum atomic E-state index is 9.04. The summed E-state index contributed by atoms with van der Waals surface area (Å²) in [6.45, 7) is 5.03. The molecule has 1 rings (SSSR count). The van der Waals surface area contributed by atoms with Crippen LogP contribution in [0, 0.1) is 5.92 Å². The third kappa shape index (κ3) is 3.00. The van der Waals surface area contributed by atoms with Gasteiger partial charge in [-0.3, -0.25) is 0 Å². The molecule has 1 aliphatic heterocycles. The van der Waals surface area contributed by atoms with Crippen molar-refractivity contribution >= 4 is 0 Å². The van der Waals surface area contributed by atoms with Gasteiger partial charge in [-0.1, -0.05) is 20.3 Å². The zero-order valence-corrected chi connectivity index (χ0v) is 8.98. The molecule has 0 spiro atoms.